The van der Waals surface area contributed by atoms with Crippen molar-refractivity contribution in [2.75, 3.05) is 13.2 Å². The van der Waals surface area contributed by atoms with Crippen LogP contribution < -0.4 is 0 Å². The van der Waals surface area contributed by atoms with Gasteiger partial charge in [-0.15, -0.1) is 0 Å². The third kappa shape index (κ3) is 4.14. The summed E-state index contributed by atoms with van der Waals surface area (Å²) in [5.74, 6) is 0. The maximum absolute atomic E-state index is 5.62. The molecule has 0 atom stereocenters. The van der Waals surface area contributed by atoms with Gasteiger partial charge in [0.25, 0.3) is 0 Å². The predicted octanol–water partition coefficient (Wildman–Crippen LogP) is 2.74. The number of unbranched alkanes of at least 4 members (excludes halogenated alkanes) is 2. The average Bonchev–Trinajstić information content (AvgIpc) is 2.08. The van der Waals surface area contributed by atoms with Crippen LogP contribution in [0.1, 0.15) is 40.0 Å². The van der Waals surface area contributed by atoms with Crippen molar-refractivity contribution < 1.29 is 9.31 Å². The Balaban J connectivity index is 2.11. The molecule has 1 fully saturated rings. The van der Waals surface area contributed by atoms with Gasteiger partial charge in [0.2, 0.25) is 0 Å². The molecule has 0 aromatic carbocycles. The van der Waals surface area contributed by atoms with E-state index < -0.39 is 0 Å². The fourth-order valence-corrected chi connectivity index (χ4v) is 1.45. The first-order valence-electron chi connectivity index (χ1n) is 5.37. The molecule has 0 N–H and O–H groups in total. The maximum Gasteiger partial charge on any atom is 0.456 e. The molecule has 0 amide bonds. The third-order valence-corrected chi connectivity index (χ3v) is 2.36. The van der Waals surface area contributed by atoms with Crippen LogP contribution in [-0.2, 0) is 9.31 Å². The largest absolute Gasteiger partial charge is 0.456 e. The van der Waals surface area contributed by atoms with E-state index in [-0.39, 0.29) is 12.5 Å². The van der Waals surface area contributed by atoms with Crippen molar-refractivity contribution in [2.45, 2.75) is 46.4 Å². The second-order valence-corrected chi connectivity index (χ2v) is 4.71. The summed E-state index contributed by atoms with van der Waals surface area (Å²) >= 11 is 0. The molecule has 1 aliphatic heterocycles. The summed E-state index contributed by atoms with van der Waals surface area (Å²) in [7, 11) is 0.0691. The summed E-state index contributed by atoms with van der Waals surface area (Å²) in [5, 5.41) is 0. The van der Waals surface area contributed by atoms with E-state index in [0.29, 0.717) is 0 Å². The molecular formula is C10H21BO2. The van der Waals surface area contributed by atoms with Crippen molar-refractivity contribution in [3.05, 3.63) is 0 Å². The molecule has 0 unspecified atom stereocenters. The number of hydrogen-bond donors (Lipinski definition) is 0. The van der Waals surface area contributed by atoms with Crippen molar-refractivity contribution >= 4 is 7.12 Å². The Bertz CT molecular complexity index is 138. The minimum absolute atomic E-state index is 0.0691. The van der Waals surface area contributed by atoms with E-state index in [2.05, 4.69) is 20.8 Å². The molecule has 0 aromatic heterocycles. The molecule has 0 aromatic rings. The molecule has 3 heteroatoms. The monoisotopic (exact) mass is 184 g/mol. The average molecular weight is 184 g/mol. The molecule has 0 aliphatic carbocycles. The fourth-order valence-electron chi connectivity index (χ4n) is 1.45. The van der Waals surface area contributed by atoms with E-state index >= 15 is 0 Å². The van der Waals surface area contributed by atoms with E-state index in [9.17, 15) is 0 Å². The first-order chi connectivity index (χ1) is 6.14. The van der Waals surface area contributed by atoms with E-state index in [1.165, 1.54) is 19.3 Å². The quantitative estimate of drug-likeness (QED) is 0.494. The lowest BCUT2D eigenvalue weighted by Gasteiger charge is -2.33. The molecule has 13 heavy (non-hydrogen) atoms. The van der Waals surface area contributed by atoms with Gasteiger partial charge in [-0.3, -0.25) is 0 Å². The molecule has 1 rings (SSSR count). The summed E-state index contributed by atoms with van der Waals surface area (Å²) in [6, 6.07) is 0. The van der Waals surface area contributed by atoms with Crippen molar-refractivity contribution in [1.82, 2.24) is 0 Å². The first kappa shape index (κ1) is 11.1. The van der Waals surface area contributed by atoms with Gasteiger partial charge in [-0.25, -0.2) is 0 Å². The van der Waals surface area contributed by atoms with Gasteiger partial charge in [0.15, 0.2) is 0 Å². The minimum atomic E-state index is 0.0691. The second kappa shape index (κ2) is 5.01. The van der Waals surface area contributed by atoms with Crippen LogP contribution in [0, 0.1) is 5.41 Å². The number of hydrogen-bond acceptors (Lipinski definition) is 2. The lowest BCUT2D eigenvalue weighted by atomic mass is 9.78. The summed E-state index contributed by atoms with van der Waals surface area (Å²) in [6.45, 7) is 8.24. The van der Waals surface area contributed by atoms with E-state index in [1.54, 1.807) is 0 Å². The zero-order valence-corrected chi connectivity index (χ0v) is 9.14. The van der Waals surface area contributed by atoms with Gasteiger partial charge in [-0.2, -0.15) is 0 Å². The zero-order chi connectivity index (χ0) is 9.73. The first-order valence-corrected chi connectivity index (χ1v) is 5.37. The van der Waals surface area contributed by atoms with Crippen LogP contribution >= 0.6 is 0 Å². The topological polar surface area (TPSA) is 18.5 Å². The smallest absolute Gasteiger partial charge is 0.410 e. The van der Waals surface area contributed by atoms with Gasteiger partial charge >= 0.3 is 7.12 Å². The highest BCUT2D eigenvalue weighted by Gasteiger charge is 2.31. The number of rotatable bonds is 4. The van der Waals surface area contributed by atoms with E-state index in [0.717, 1.165) is 19.5 Å². The van der Waals surface area contributed by atoms with Crippen LogP contribution in [0.15, 0.2) is 0 Å². The Kier molecular flexibility index (Phi) is 4.27. The third-order valence-electron chi connectivity index (χ3n) is 2.36. The van der Waals surface area contributed by atoms with Crippen molar-refractivity contribution in [3.63, 3.8) is 0 Å². The Morgan fingerprint density at radius 2 is 1.77 bits per heavy atom. The summed E-state index contributed by atoms with van der Waals surface area (Å²) in [4.78, 5) is 0. The van der Waals surface area contributed by atoms with Gasteiger partial charge in [0, 0.05) is 18.6 Å². The molecule has 2 nitrogen and oxygen atoms in total. The summed E-state index contributed by atoms with van der Waals surface area (Å²) in [5.41, 5.74) is 0.210. The fraction of sp³-hybridized carbons (Fsp3) is 1.00. The van der Waals surface area contributed by atoms with Crippen LogP contribution in [0.4, 0.5) is 0 Å². The SMILES string of the molecule is CCCCCB1OCC(C)(C)CO1. The molecule has 1 saturated heterocycles. The van der Waals surface area contributed by atoms with Crippen LogP contribution in [0.2, 0.25) is 6.32 Å². The highest BCUT2D eigenvalue weighted by molar-refractivity contribution is 6.44. The molecule has 0 bridgehead atoms. The van der Waals surface area contributed by atoms with E-state index in [4.69, 9.17) is 9.31 Å². The Morgan fingerprint density at radius 1 is 1.15 bits per heavy atom. The minimum Gasteiger partial charge on any atom is -0.410 e. The van der Waals surface area contributed by atoms with Gasteiger partial charge in [0.05, 0.1) is 0 Å². The molecule has 0 radical (unpaired) electrons. The summed E-state index contributed by atoms with van der Waals surface area (Å²) in [6.07, 6.45) is 4.83. The van der Waals surface area contributed by atoms with Crippen LogP contribution in [0.3, 0.4) is 0 Å². The normalized spacial score (nSPS) is 21.9. The van der Waals surface area contributed by atoms with Crippen LogP contribution in [-0.4, -0.2) is 20.3 Å². The van der Waals surface area contributed by atoms with Crippen molar-refractivity contribution in [1.29, 1.82) is 0 Å². The Labute approximate surface area is 82.1 Å². The van der Waals surface area contributed by atoms with Gasteiger partial charge in [-0.05, 0) is 6.32 Å². The van der Waals surface area contributed by atoms with E-state index in [1.807, 2.05) is 0 Å². The zero-order valence-electron chi connectivity index (χ0n) is 9.14. The highest BCUT2D eigenvalue weighted by atomic mass is 16.6. The molecule has 0 spiro atoms. The molecule has 1 aliphatic rings. The molecular weight excluding hydrogens is 163 g/mol. The molecule has 76 valence electrons. The Hall–Kier alpha value is -0.0151. The molecule has 0 saturated carbocycles. The molecule has 1 heterocycles. The van der Waals surface area contributed by atoms with Crippen LogP contribution in [0.5, 0.6) is 0 Å². The highest BCUT2D eigenvalue weighted by Crippen LogP contribution is 2.23. The Morgan fingerprint density at radius 3 is 2.31 bits per heavy atom. The summed E-state index contributed by atoms with van der Waals surface area (Å²) < 4.78 is 11.2. The standard InChI is InChI=1S/C10H21BO2/c1-4-5-6-7-11-12-8-10(2,3)9-13-11/h4-9H2,1-3H3. The van der Waals surface area contributed by atoms with Gasteiger partial charge in [0.1, 0.15) is 0 Å². The van der Waals surface area contributed by atoms with Gasteiger partial charge < -0.3 is 9.31 Å². The van der Waals surface area contributed by atoms with Crippen LogP contribution in [0.25, 0.3) is 0 Å². The van der Waals surface area contributed by atoms with Crippen molar-refractivity contribution in [2.24, 2.45) is 5.41 Å². The second-order valence-electron chi connectivity index (χ2n) is 4.71. The maximum atomic E-state index is 5.62. The van der Waals surface area contributed by atoms with Crippen molar-refractivity contribution in [3.8, 4) is 0 Å². The predicted molar refractivity (Wildman–Crippen MR) is 55.8 cm³/mol. The lowest BCUT2D eigenvalue weighted by molar-refractivity contribution is 0.0280. The van der Waals surface area contributed by atoms with Gasteiger partial charge in [-0.1, -0.05) is 40.0 Å². The lowest BCUT2D eigenvalue weighted by Crippen LogP contribution is -2.40.